The van der Waals surface area contributed by atoms with Crippen LogP contribution < -0.4 is 0 Å². The molecule has 3 nitrogen and oxygen atoms in total. The average Bonchev–Trinajstić information content (AvgIpc) is 2.40. The molecule has 0 bridgehead atoms. The predicted octanol–water partition coefficient (Wildman–Crippen LogP) is 1.85. The molecule has 1 rings (SSSR count). The van der Waals surface area contributed by atoms with Crippen LogP contribution in [0.3, 0.4) is 0 Å². The second kappa shape index (κ2) is 8.27. The molecule has 1 aromatic carbocycles. The number of benzene rings is 1. The molecule has 1 aromatic rings. The van der Waals surface area contributed by atoms with Crippen molar-refractivity contribution in [3.8, 4) is 0 Å². The Hall–Kier alpha value is -0.943. The van der Waals surface area contributed by atoms with E-state index in [2.05, 4.69) is 18.7 Å². The van der Waals surface area contributed by atoms with Gasteiger partial charge in [0.2, 0.25) is 0 Å². The summed E-state index contributed by atoms with van der Waals surface area (Å²) >= 11 is 0. The monoisotopic (exact) mass is 280 g/mol. The predicted molar refractivity (Wildman–Crippen MR) is 81.2 cm³/mol. The van der Waals surface area contributed by atoms with Gasteiger partial charge >= 0.3 is 5.97 Å². The molecule has 0 fully saturated rings. The second-order valence-corrected chi connectivity index (χ2v) is 5.49. The van der Waals surface area contributed by atoms with Crippen LogP contribution >= 0.6 is 0 Å². The second-order valence-electron chi connectivity index (χ2n) is 4.29. The molecule has 19 heavy (non-hydrogen) atoms. The van der Waals surface area contributed by atoms with E-state index in [1.165, 1.54) is 5.56 Å². The molecule has 0 N–H and O–H groups in total. The summed E-state index contributed by atoms with van der Waals surface area (Å²) in [6, 6.07) is 10.2. The van der Waals surface area contributed by atoms with E-state index in [4.69, 9.17) is 14.2 Å². The van der Waals surface area contributed by atoms with Crippen LogP contribution in [-0.2, 0) is 20.6 Å². The standard InChI is InChI=1S/C15H24O3Si/c1-4-16-15(13(3)19,17-5-2)18-12-11-14-9-7-6-8-10-14/h6-10H,3-5,11-12H2,1-2,19H3. The van der Waals surface area contributed by atoms with Crippen molar-refractivity contribution in [2.45, 2.75) is 26.2 Å². The van der Waals surface area contributed by atoms with E-state index in [0.29, 0.717) is 19.8 Å². The summed E-state index contributed by atoms with van der Waals surface area (Å²) in [6.07, 6.45) is 0.831. The fraction of sp³-hybridized carbons (Fsp3) is 0.467. The van der Waals surface area contributed by atoms with Gasteiger partial charge in [0.1, 0.15) is 0 Å². The van der Waals surface area contributed by atoms with Gasteiger partial charge in [-0.2, -0.15) is 0 Å². The molecule has 0 atom stereocenters. The normalized spacial score (nSPS) is 11.7. The molecule has 106 valence electrons. The first-order valence-electron chi connectivity index (χ1n) is 6.76. The molecule has 0 aliphatic carbocycles. The third kappa shape index (κ3) is 4.91. The largest absolute Gasteiger partial charge is 0.324 e. The Labute approximate surface area is 119 Å². The molecule has 0 amide bonds. The molecular weight excluding hydrogens is 256 g/mol. The van der Waals surface area contributed by atoms with Crippen molar-refractivity contribution in [3.63, 3.8) is 0 Å². The number of ether oxygens (including phenoxy) is 3. The SMILES string of the molecule is C=C([SiH3])C(OCC)(OCC)OCCc1ccccc1. The first-order chi connectivity index (χ1) is 9.14. The van der Waals surface area contributed by atoms with Crippen LogP contribution in [0.4, 0.5) is 0 Å². The van der Waals surface area contributed by atoms with E-state index in [0.717, 1.165) is 21.9 Å². The van der Waals surface area contributed by atoms with Gasteiger partial charge in [-0.3, -0.25) is 0 Å². The highest BCUT2D eigenvalue weighted by Crippen LogP contribution is 2.22. The maximum Gasteiger partial charge on any atom is 0.302 e. The molecule has 0 unspecified atom stereocenters. The van der Waals surface area contributed by atoms with Gasteiger partial charge in [-0.1, -0.05) is 36.9 Å². The molecule has 0 aromatic heterocycles. The lowest BCUT2D eigenvalue weighted by Gasteiger charge is -2.33. The lowest BCUT2D eigenvalue weighted by molar-refractivity contribution is -0.349. The molecular formula is C15H24O3Si. The van der Waals surface area contributed by atoms with Crippen LogP contribution in [-0.4, -0.2) is 36.0 Å². The minimum atomic E-state index is -1.05. The lowest BCUT2D eigenvalue weighted by atomic mass is 10.2. The first kappa shape index (κ1) is 16.1. The summed E-state index contributed by atoms with van der Waals surface area (Å²) in [5, 5.41) is 0.865. The zero-order valence-electron chi connectivity index (χ0n) is 12.1. The summed E-state index contributed by atoms with van der Waals surface area (Å²) in [5.74, 6) is -1.05. The first-order valence-corrected chi connectivity index (χ1v) is 7.76. The third-order valence-electron chi connectivity index (χ3n) is 2.72. The summed E-state index contributed by atoms with van der Waals surface area (Å²) in [5.41, 5.74) is 1.24. The molecule has 0 aliphatic heterocycles. The summed E-state index contributed by atoms with van der Waals surface area (Å²) < 4.78 is 17.2. The van der Waals surface area contributed by atoms with Crippen molar-refractivity contribution in [2.75, 3.05) is 19.8 Å². The van der Waals surface area contributed by atoms with Crippen LogP contribution in [0.2, 0.25) is 0 Å². The third-order valence-corrected chi connectivity index (χ3v) is 3.33. The highest BCUT2D eigenvalue weighted by molar-refractivity contribution is 6.22. The average molecular weight is 280 g/mol. The molecule has 0 saturated carbocycles. The highest BCUT2D eigenvalue weighted by atomic mass is 28.1. The van der Waals surface area contributed by atoms with Crippen LogP contribution in [0, 0.1) is 0 Å². The fourth-order valence-corrected chi connectivity index (χ4v) is 2.26. The van der Waals surface area contributed by atoms with Gasteiger partial charge in [-0.25, -0.2) is 0 Å². The quantitative estimate of drug-likeness (QED) is 0.510. The topological polar surface area (TPSA) is 27.7 Å². The van der Waals surface area contributed by atoms with E-state index < -0.39 is 5.97 Å². The molecule has 4 heteroatoms. The maximum absolute atomic E-state index is 5.87. The van der Waals surface area contributed by atoms with Crippen LogP contribution in [0.25, 0.3) is 0 Å². The molecule has 0 radical (unpaired) electrons. The zero-order valence-corrected chi connectivity index (χ0v) is 14.1. The summed E-state index contributed by atoms with van der Waals surface area (Å²) in [7, 11) is 0.772. The Kier molecular flexibility index (Phi) is 7.01. The number of hydrogen-bond acceptors (Lipinski definition) is 3. The van der Waals surface area contributed by atoms with Crippen molar-refractivity contribution in [1.82, 2.24) is 0 Å². The Balaban J connectivity index is 2.59. The Morgan fingerprint density at radius 3 is 2.16 bits per heavy atom. The van der Waals surface area contributed by atoms with Crippen molar-refractivity contribution in [2.24, 2.45) is 0 Å². The minimum Gasteiger partial charge on any atom is -0.324 e. The zero-order chi connectivity index (χ0) is 14.1. The van der Waals surface area contributed by atoms with Gasteiger partial charge in [0.25, 0.3) is 0 Å². The van der Waals surface area contributed by atoms with Gasteiger partial charge in [0, 0.05) is 23.5 Å². The summed E-state index contributed by atoms with van der Waals surface area (Å²) in [6.45, 7) is 9.45. The van der Waals surface area contributed by atoms with Crippen molar-refractivity contribution in [1.29, 1.82) is 0 Å². The van der Waals surface area contributed by atoms with E-state index in [-0.39, 0.29) is 0 Å². The van der Waals surface area contributed by atoms with Crippen LogP contribution in [0.5, 0.6) is 0 Å². The maximum atomic E-state index is 5.87. The van der Waals surface area contributed by atoms with Crippen molar-refractivity contribution < 1.29 is 14.2 Å². The van der Waals surface area contributed by atoms with Gasteiger partial charge in [-0.15, -0.1) is 0 Å². The van der Waals surface area contributed by atoms with Crippen LogP contribution in [0.1, 0.15) is 19.4 Å². The molecule has 0 spiro atoms. The van der Waals surface area contributed by atoms with E-state index >= 15 is 0 Å². The lowest BCUT2D eigenvalue weighted by Crippen LogP contribution is -2.42. The van der Waals surface area contributed by atoms with E-state index in [1.54, 1.807) is 0 Å². The van der Waals surface area contributed by atoms with E-state index in [9.17, 15) is 0 Å². The van der Waals surface area contributed by atoms with E-state index in [1.807, 2.05) is 32.0 Å². The molecule has 0 aliphatic rings. The Morgan fingerprint density at radius 1 is 1.11 bits per heavy atom. The van der Waals surface area contributed by atoms with Gasteiger partial charge < -0.3 is 14.2 Å². The Bertz CT molecular complexity index is 372. The highest BCUT2D eigenvalue weighted by Gasteiger charge is 2.33. The number of hydrogen-bond donors (Lipinski definition) is 0. The summed E-state index contributed by atoms with van der Waals surface area (Å²) in [4.78, 5) is 0. The van der Waals surface area contributed by atoms with Gasteiger partial charge in [0.15, 0.2) is 0 Å². The smallest absolute Gasteiger partial charge is 0.302 e. The van der Waals surface area contributed by atoms with Gasteiger partial charge in [0.05, 0.1) is 6.61 Å². The minimum absolute atomic E-state index is 0.534. The number of rotatable bonds is 9. The molecule has 0 heterocycles. The van der Waals surface area contributed by atoms with Crippen LogP contribution in [0.15, 0.2) is 42.1 Å². The van der Waals surface area contributed by atoms with Crippen molar-refractivity contribution in [3.05, 3.63) is 47.7 Å². The Morgan fingerprint density at radius 2 is 1.68 bits per heavy atom. The molecule has 0 saturated heterocycles. The van der Waals surface area contributed by atoms with Gasteiger partial charge in [-0.05, 0) is 31.0 Å². The fourth-order valence-electron chi connectivity index (χ4n) is 1.82. The van der Waals surface area contributed by atoms with Crippen molar-refractivity contribution >= 4 is 10.2 Å².